The molecule has 1 aromatic heterocycles. The first-order chi connectivity index (χ1) is 16.3. The number of anilines is 1. The second-order valence-corrected chi connectivity index (χ2v) is 8.65. The fraction of sp³-hybridized carbons (Fsp3) is 0.185. The summed E-state index contributed by atoms with van der Waals surface area (Å²) in [6, 6.07) is 19.6. The highest BCUT2D eigenvalue weighted by Crippen LogP contribution is 2.22. The Hall–Kier alpha value is -3.64. The summed E-state index contributed by atoms with van der Waals surface area (Å²) in [5, 5.41) is 7.55. The zero-order chi connectivity index (χ0) is 24.2. The van der Waals surface area contributed by atoms with Crippen molar-refractivity contribution in [3.05, 3.63) is 111 Å². The number of carbonyl (C=O) groups excluding carboxylic acids is 1. The van der Waals surface area contributed by atoms with Gasteiger partial charge in [0.25, 0.3) is 5.91 Å². The lowest BCUT2D eigenvalue weighted by Crippen LogP contribution is -2.13. The number of carbonyl (C=O) groups is 1. The Labute approximate surface area is 203 Å². The maximum absolute atomic E-state index is 14.2. The molecule has 4 aromatic rings. The number of nitrogens with zero attached hydrogens (tertiary/aromatic N) is 2. The van der Waals surface area contributed by atoms with E-state index in [0.29, 0.717) is 28.6 Å². The Morgan fingerprint density at radius 2 is 1.85 bits per heavy atom. The summed E-state index contributed by atoms with van der Waals surface area (Å²) in [5.74, 6) is 0.521. The van der Waals surface area contributed by atoms with Crippen molar-refractivity contribution in [3.63, 3.8) is 0 Å². The molecule has 0 unspecified atom stereocenters. The summed E-state index contributed by atoms with van der Waals surface area (Å²) in [7, 11) is 0. The van der Waals surface area contributed by atoms with Crippen molar-refractivity contribution in [3.8, 4) is 5.75 Å². The lowest BCUT2D eigenvalue weighted by molar-refractivity contribution is 0.102. The van der Waals surface area contributed by atoms with Gasteiger partial charge in [-0.15, -0.1) is 0 Å². The minimum Gasteiger partial charge on any atom is -0.489 e. The van der Waals surface area contributed by atoms with Crippen LogP contribution in [0.4, 0.5) is 10.2 Å². The van der Waals surface area contributed by atoms with Gasteiger partial charge >= 0.3 is 0 Å². The van der Waals surface area contributed by atoms with Gasteiger partial charge in [-0.2, -0.15) is 5.10 Å². The Morgan fingerprint density at radius 1 is 1.06 bits per heavy atom. The molecule has 0 aliphatic rings. The van der Waals surface area contributed by atoms with Gasteiger partial charge in [0.1, 0.15) is 18.2 Å². The maximum Gasteiger partial charge on any atom is 0.256 e. The smallest absolute Gasteiger partial charge is 0.256 e. The summed E-state index contributed by atoms with van der Waals surface area (Å²) in [5.41, 5.74) is 4.67. The molecule has 1 heterocycles. The lowest BCUT2D eigenvalue weighted by atomic mass is 10.1. The highest BCUT2D eigenvalue weighted by atomic mass is 35.5. The van der Waals surface area contributed by atoms with Gasteiger partial charge in [-0.3, -0.25) is 9.48 Å². The average molecular weight is 478 g/mol. The van der Waals surface area contributed by atoms with Gasteiger partial charge < -0.3 is 10.1 Å². The second kappa shape index (κ2) is 10.1. The Kier molecular flexibility index (Phi) is 6.98. The average Bonchev–Trinajstić information content (AvgIpc) is 3.15. The monoisotopic (exact) mass is 477 g/mol. The van der Waals surface area contributed by atoms with Crippen LogP contribution in [-0.2, 0) is 13.2 Å². The molecule has 34 heavy (non-hydrogen) atoms. The number of rotatable bonds is 7. The summed E-state index contributed by atoms with van der Waals surface area (Å²) < 4.78 is 21.7. The molecule has 0 fully saturated rings. The predicted octanol–water partition coefficient (Wildman–Crippen LogP) is 6.48. The number of amides is 1. The predicted molar refractivity (Wildman–Crippen MR) is 132 cm³/mol. The van der Waals surface area contributed by atoms with E-state index in [0.717, 1.165) is 28.1 Å². The highest BCUT2D eigenvalue weighted by Gasteiger charge is 2.14. The van der Waals surface area contributed by atoms with Crippen LogP contribution in [0, 0.1) is 26.6 Å². The zero-order valence-corrected chi connectivity index (χ0v) is 20.0. The standard InChI is InChI=1S/C27H25ClFN3O2/c1-17-10-11-18(2)25(12-17)34-16-20-6-4-7-21(14-20)27(33)30-26-13-19(3)32(31-26)15-22-23(28)8-5-9-24(22)29/h4-14H,15-16H2,1-3H3,(H,30,31,33). The number of aromatic nitrogens is 2. The third kappa shape index (κ3) is 5.46. The molecule has 0 spiro atoms. The van der Waals surface area contributed by atoms with Crippen LogP contribution in [0.25, 0.3) is 0 Å². The van der Waals surface area contributed by atoms with Gasteiger partial charge in [-0.05, 0) is 67.8 Å². The topological polar surface area (TPSA) is 56.1 Å². The quantitative estimate of drug-likeness (QED) is 0.331. The van der Waals surface area contributed by atoms with Crippen LogP contribution in [0.1, 0.15) is 38.3 Å². The van der Waals surface area contributed by atoms with Gasteiger partial charge in [-0.25, -0.2) is 4.39 Å². The molecule has 174 valence electrons. The van der Waals surface area contributed by atoms with Crippen molar-refractivity contribution in [2.24, 2.45) is 0 Å². The highest BCUT2D eigenvalue weighted by molar-refractivity contribution is 6.31. The number of hydrogen-bond donors (Lipinski definition) is 1. The summed E-state index contributed by atoms with van der Waals surface area (Å²) in [6.07, 6.45) is 0. The molecule has 0 aliphatic heterocycles. The van der Waals surface area contributed by atoms with E-state index in [4.69, 9.17) is 16.3 Å². The van der Waals surface area contributed by atoms with Crippen molar-refractivity contribution in [2.45, 2.75) is 33.9 Å². The van der Waals surface area contributed by atoms with E-state index < -0.39 is 5.82 Å². The minimum absolute atomic E-state index is 0.165. The first kappa shape index (κ1) is 23.5. The van der Waals surface area contributed by atoms with Gasteiger partial charge in [0.05, 0.1) is 6.54 Å². The number of aryl methyl sites for hydroxylation is 3. The van der Waals surface area contributed by atoms with Crippen LogP contribution in [-0.4, -0.2) is 15.7 Å². The van der Waals surface area contributed by atoms with E-state index in [1.165, 1.54) is 6.07 Å². The molecule has 5 nitrogen and oxygen atoms in total. The molecule has 7 heteroatoms. The Bertz CT molecular complexity index is 1330. The van der Waals surface area contributed by atoms with Crippen molar-refractivity contribution >= 4 is 23.3 Å². The summed E-state index contributed by atoms with van der Waals surface area (Å²) >= 11 is 6.14. The number of ether oxygens (including phenoxy) is 1. The van der Waals surface area contributed by atoms with Crippen LogP contribution in [0.5, 0.6) is 5.75 Å². The van der Waals surface area contributed by atoms with Gasteiger partial charge in [0.2, 0.25) is 0 Å². The van der Waals surface area contributed by atoms with Gasteiger partial charge in [0.15, 0.2) is 5.82 Å². The molecule has 0 saturated heterocycles. The fourth-order valence-electron chi connectivity index (χ4n) is 3.58. The van der Waals surface area contributed by atoms with Crippen LogP contribution < -0.4 is 10.1 Å². The van der Waals surface area contributed by atoms with Crippen molar-refractivity contribution in [2.75, 3.05) is 5.32 Å². The number of nitrogens with one attached hydrogen (secondary N) is 1. The Balaban J connectivity index is 1.44. The normalized spacial score (nSPS) is 10.9. The molecule has 0 atom stereocenters. The molecule has 1 amide bonds. The Morgan fingerprint density at radius 3 is 2.65 bits per heavy atom. The molecule has 0 bridgehead atoms. The zero-order valence-electron chi connectivity index (χ0n) is 19.2. The molecular weight excluding hydrogens is 453 g/mol. The third-order valence-electron chi connectivity index (χ3n) is 5.52. The van der Waals surface area contributed by atoms with Crippen LogP contribution in [0.15, 0.2) is 66.7 Å². The van der Waals surface area contributed by atoms with E-state index in [2.05, 4.69) is 10.4 Å². The van der Waals surface area contributed by atoms with E-state index in [1.807, 2.05) is 51.1 Å². The van der Waals surface area contributed by atoms with E-state index >= 15 is 0 Å². The molecule has 0 saturated carbocycles. The van der Waals surface area contributed by atoms with Crippen LogP contribution in [0.2, 0.25) is 5.02 Å². The summed E-state index contributed by atoms with van der Waals surface area (Å²) in [6.45, 7) is 6.37. The van der Waals surface area contributed by atoms with Crippen molar-refractivity contribution in [1.82, 2.24) is 9.78 Å². The fourth-order valence-corrected chi connectivity index (χ4v) is 3.80. The minimum atomic E-state index is -0.395. The molecule has 0 radical (unpaired) electrons. The third-order valence-corrected chi connectivity index (χ3v) is 5.87. The first-order valence-corrected chi connectivity index (χ1v) is 11.3. The molecule has 1 N–H and O–H groups in total. The molecule has 4 rings (SSSR count). The van der Waals surface area contributed by atoms with E-state index in [1.54, 1.807) is 35.0 Å². The van der Waals surface area contributed by atoms with E-state index in [9.17, 15) is 9.18 Å². The number of hydrogen-bond acceptors (Lipinski definition) is 3. The number of halogens is 2. The van der Waals surface area contributed by atoms with Crippen LogP contribution in [0.3, 0.4) is 0 Å². The largest absolute Gasteiger partial charge is 0.489 e. The van der Waals surface area contributed by atoms with E-state index in [-0.39, 0.29) is 12.5 Å². The maximum atomic E-state index is 14.2. The molecular formula is C27H25ClFN3O2. The molecule has 3 aromatic carbocycles. The van der Waals surface area contributed by atoms with Crippen molar-refractivity contribution < 1.29 is 13.9 Å². The summed E-state index contributed by atoms with van der Waals surface area (Å²) in [4.78, 5) is 12.8. The van der Waals surface area contributed by atoms with Crippen molar-refractivity contribution in [1.29, 1.82) is 0 Å². The first-order valence-electron chi connectivity index (χ1n) is 10.9. The van der Waals surface area contributed by atoms with Crippen LogP contribution >= 0.6 is 11.6 Å². The van der Waals surface area contributed by atoms with Gasteiger partial charge in [0, 0.05) is 27.9 Å². The lowest BCUT2D eigenvalue weighted by Gasteiger charge is -2.11. The second-order valence-electron chi connectivity index (χ2n) is 8.24. The van der Waals surface area contributed by atoms with Gasteiger partial charge in [-0.1, -0.05) is 41.9 Å². The molecule has 0 aliphatic carbocycles. The SMILES string of the molecule is Cc1ccc(C)c(OCc2cccc(C(=O)Nc3cc(C)n(Cc4c(F)cccc4Cl)n3)c2)c1. The number of benzene rings is 3.